The van der Waals surface area contributed by atoms with Crippen LogP contribution in [0.3, 0.4) is 0 Å². The minimum absolute atomic E-state index is 0.0469. The van der Waals surface area contributed by atoms with Gasteiger partial charge in [-0.1, -0.05) is 42.5 Å². The Kier molecular flexibility index (Phi) is 7.71. The van der Waals surface area contributed by atoms with E-state index in [0.29, 0.717) is 12.8 Å². The summed E-state index contributed by atoms with van der Waals surface area (Å²) in [5.74, 6) is -2.90. The number of hydrogen-bond donors (Lipinski definition) is 4. The number of hydroxylamine groups is 2. The fraction of sp³-hybridized carbons (Fsp3) is 0.516. The molecule has 3 heterocycles. The maximum Gasteiger partial charge on any atom is 0.327 e. The standard InChI is InChI=1S/C31H34IN3O9/c1-16(37)22(27(38)33-10-11-36)34-29(40)31-14-21-23-24(43-30(42-23)12-17-6-2-3-7-18(17)13-30)26(31)44-35(25(31)28(39)41-21)15-19-8-4-5-9-20(19)32/h2-9,16,21-26,36-37H,10-15H2,1H3,(H,33,38)(H,34,40)/t16-,21+,22+,23-,24-,25-,26+,31-/m0/s1. The number of aliphatic hydroxyl groups excluding tert-OH is 2. The number of benzene rings is 2. The summed E-state index contributed by atoms with van der Waals surface area (Å²) in [6, 6.07) is 13.2. The van der Waals surface area contributed by atoms with Crippen LogP contribution in [0.2, 0.25) is 0 Å². The number of aliphatic hydroxyl groups is 2. The number of hydrogen-bond acceptors (Lipinski definition) is 10. The van der Waals surface area contributed by atoms with Gasteiger partial charge >= 0.3 is 5.97 Å². The third kappa shape index (κ3) is 4.75. The molecule has 4 N–H and O–H groups in total. The molecule has 44 heavy (non-hydrogen) atoms. The van der Waals surface area contributed by atoms with Crippen LogP contribution in [0, 0.1) is 8.99 Å². The van der Waals surface area contributed by atoms with Gasteiger partial charge in [0.25, 0.3) is 0 Å². The van der Waals surface area contributed by atoms with Crippen LogP contribution in [-0.2, 0) is 52.8 Å². The fourth-order valence-electron chi connectivity index (χ4n) is 7.52. The van der Waals surface area contributed by atoms with Crippen molar-refractivity contribution in [2.45, 2.75) is 81.1 Å². The summed E-state index contributed by atoms with van der Waals surface area (Å²) in [4.78, 5) is 47.8. The summed E-state index contributed by atoms with van der Waals surface area (Å²) >= 11 is 2.21. The van der Waals surface area contributed by atoms with Crippen LogP contribution in [0.5, 0.6) is 0 Å². The zero-order valence-electron chi connectivity index (χ0n) is 24.0. The van der Waals surface area contributed by atoms with Gasteiger partial charge in [0.15, 0.2) is 11.8 Å². The van der Waals surface area contributed by atoms with Crippen molar-refractivity contribution in [3.63, 3.8) is 0 Å². The number of ether oxygens (including phenoxy) is 3. The Morgan fingerprint density at radius 3 is 2.45 bits per heavy atom. The number of nitrogens with zero attached hydrogens (tertiary/aromatic N) is 1. The lowest BCUT2D eigenvalue weighted by atomic mass is 9.62. The van der Waals surface area contributed by atoms with Crippen LogP contribution in [-0.4, -0.2) is 94.6 Å². The number of carbonyl (C=O) groups excluding carboxylic acids is 3. The molecule has 4 fully saturated rings. The summed E-state index contributed by atoms with van der Waals surface area (Å²) in [6.45, 7) is 1.23. The highest BCUT2D eigenvalue weighted by atomic mass is 127. The van der Waals surface area contributed by atoms with Gasteiger partial charge in [-0.2, -0.15) is 5.06 Å². The zero-order valence-corrected chi connectivity index (χ0v) is 26.1. The van der Waals surface area contributed by atoms with Gasteiger partial charge in [-0.05, 0) is 52.3 Å². The Morgan fingerprint density at radius 2 is 1.77 bits per heavy atom. The largest absolute Gasteiger partial charge is 0.458 e. The first-order chi connectivity index (χ1) is 21.2. The summed E-state index contributed by atoms with van der Waals surface area (Å²) in [6.07, 6.45) is -3.32. The molecule has 2 aliphatic carbocycles. The van der Waals surface area contributed by atoms with E-state index in [-0.39, 0.29) is 26.1 Å². The molecule has 2 amide bonds. The smallest absolute Gasteiger partial charge is 0.327 e. The molecule has 8 atom stereocenters. The van der Waals surface area contributed by atoms with Gasteiger partial charge in [0.1, 0.15) is 35.9 Å². The number of carbonyl (C=O) groups is 3. The molecule has 2 aromatic carbocycles. The number of amides is 2. The van der Waals surface area contributed by atoms with E-state index in [0.717, 1.165) is 20.3 Å². The monoisotopic (exact) mass is 719 g/mol. The molecular formula is C31H34IN3O9. The number of rotatable bonds is 8. The van der Waals surface area contributed by atoms with E-state index in [9.17, 15) is 24.6 Å². The second-order valence-corrected chi connectivity index (χ2v) is 13.4. The van der Waals surface area contributed by atoms with Gasteiger partial charge in [-0.15, -0.1) is 0 Å². The number of fused-ring (bicyclic) bond motifs is 5. The van der Waals surface area contributed by atoms with Crippen molar-refractivity contribution in [2.24, 2.45) is 5.41 Å². The topological polar surface area (TPSA) is 156 Å². The second-order valence-electron chi connectivity index (χ2n) is 12.2. The zero-order chi connectivity index (χ0) is 30.8. The van der Waals surface area contributed by atoms with Gasteiger partial charge in [-0.25, -0.2) is 0 Å². The van der Waals surface area contributed by atoms with E-state index in [1.165, 1.54) is 12.0 Å². The quantitative estimate of drug-likeness (QED) is 0.222. The average molecular weight is 720 g/mol. The molecule has 0 radical (unpaired) electrons. The van der Waals surface area contributed by atoms with Crippen LogP contribution in [0.4, 0.5) is 0 Å². The number of halogens is 1. The predicted molar refractivity (Wildman–Crippen MR) is 160 cm³/mol. The molecular weight excluding hydrogens is 685 g/mol. The Morgan fingerprint density at radius 1 is 1.09 bits per heavy atom. The molecule has 7 rings (SSSR count). The van der Waals surface area contributed by atoms with Gasteiger partial charge in [0, 0.05) is 29.4 Å². The van der Waals surface area contributed by atoms with Crippen LogP contribution in [0.15, 0.2) is 48.5 Å². The van der Waals surface area contributed by atoms with E-state index in [2.05, 4.69) is 33.2 Å². The molecule has 3 aliphatic heterocycles. The van der Waals surface area contributed by atoms with Crippen molar-refractivity contribution in [3.05, 3.63) is 68.8 Å². The summed E-state index contributed by atoms with van der Waals surface area (Å²) in [5.41, 5.74) is 1.60. The molecule has 13 heteroatoms. The normalized spacial score (nSPS) is 32.5. The Balaban J connectivity index is 1.26. The maximum absolute atomic E-state index is 14.5. The highest BCUT2D eigenvalue weighted by Crippen LogP contribution is 2.58. The first-order valence-corrected chi connectivity index (χ1v) is 15.9. The average Bonchev–Trinajstić information content (AvgIpc) is 3.67. The molecule has 1 saturated carbocycles. The Hall–Kier alpha value is -2.66. The lowest BCUT2D eigenvalue weighted by molar-refractivity contribution is -0.217. The van der Waals surface area contributed by atoms with E-state index < -0.39 is 71.6 Å². The van der Waals surface area contributed by atoms with Crippen molar-refractivity contribution >= 4 is 40.4 Å². The van der Waals surface area contributed by atoms with Crippen molar-refractivity contribution in [2.75, 3.05) is 13.2 Å². The van der Waals surface area contributed by atoms with E-state index in [4.69, 9.17) is 19.0 Å². The number of nitrogens with one attached hydrogen (secondary N) is 2. The first kappa shape index (κ1) is 30.0. The fourth-order valence-corrected chi connectivity index (χ4v) is 8.08. The third-order valence-corrected chi connectivity index (χ3v) is 10.5. The molecule has 2 aromatic rings. The Labute approximate surface area is 267 Å². The molecule has 12 nitrogen and oxygen atoms in total. The minimum atomic E-state index is -1.51. The molecule has 1 spiro atoms. The molecule has 2 bridgehead atoms. The van der Waals surface area contributed by atoms with Crippen molar-refractivity contribution in [1.82, 2.24) is 15.7 Å². The molecule has 3 saturated heterocycles. The first-order valence-electron chi connectivity index (χ1n) is 14.8. The third-order valence-electron chi connectivity index (χ3n) is 9.46. The van der Waals surface area contributed by atoms with Gasteiger partial charge < -0.3 is 35.1 Å². The summed E-state index contributed by atoms with van der Waals surface area (Å²) < 4.78 is 20.3. The lowest BCUT2D eigenvalue weighted by Crippen LogP contribution is -2.71. The minimum Gasteiger partial charge on any atom is -0.458 e. The van der Waals surface area contributed by atoms with Gasteiger partial charge in [-0.3, -0.25) is 19.2 Å². The maximum atomic E-state index is 14.5. The van der Waals surface area contributed by atoms with Crippen molar-refractivity contribution in [3.8, 4) is 0 Å². The Bertz CT molecular complexity index is 1460. The van der Waals surface area contributed by atoms with E-state index >= 15 is 0 Å². The molecule has 5 aliphatic rings. The van der Waals surface area contributed by atoms with Crippen molar-refractivity contribution < 1.29 is 43.6 Å². The summed E-state index contributed by atoms with van der Waals surface area (Å²) in [5, 5.41) is 26.4. The highest BCUT2D eigenvalue weighted by molar-refractivity contribution is 14.1. The molecule has 0 unspecified atom stereocenters. The predicted octanol–water partition coefficient (Wildman–Crippen LogP) is 0.344. The van der Waals surface area contributed by atoms with E-state index in [1.54, 1.807) is 0 Å². The SMILES string of the molecule is C[C@H](O)[C@@H](NC(=O)[C@@]12C[C@H]3OC(=O)[C@@H]1N(Cc1ccccc1I)O[C@@H]2[C@H]1OC2(Cc4ccccc4C2)O[C@H]13)C(=O)NCCO. The summed E-state index contributed by atoms with van der Waals surface area (Å²) in [7, 11) is 0. The molecule has 0 aromatic heterocycles. The van der Waals surface area contributed by atoms with Crippen LogP contribution in [0.1, 0.15) is 30.0 Å². The van der Waals surface area contributed by atoms with Crippen molar-refractivity contribution in [1.29, 1.82) is 0 Å². The van der Waals surface area contributed by atoms with E-state index in [1.807, 2.05) is 48.5 Å². The van der Waals surface area contributed by atoms with Crippen LogP contribution >= 0.6 is 22.6 Å². The molecule has 234 valence electrons. The second kappa shape index (κ2) is 11.3. The highest BCUT2D eigenvalue weighted by Gasteiger charge is 2.76. The van der Waals surface area contributed by atoms with Gasteiger partial charge in [0.05, 0.1) is 19.3 Å². The van der Waals surface area contributed by atoms with Crippen LogP contribution < -0.4 is 10.6 Å². The number of esters is 1. The lowest BCUT2D eigenvalue weighted by Gasteiger charge is -2.49. The van der Waals surface area contributed by atoms with Crippen LogP contribution in [0.25, 0.3) is 0 Å². The van der Waals surface area contributed by atoms with Gasteiger partial charge in [0.2, 0.25) is 11.8 Å².